The third-order valence-electron chi connectivity index (χ3n) is 3.13. The van der Waals surface area contributed by atoms with Crippen molar-refractivity contribution >= 4 is 21.5 Å². The van der Waals surface area contributed by atoms with Gasteiger partial charge in [-0.1, -0.05) is 48.5 Å². The normalized spacial score (nSPS) is 9.90. The highest BCUT2D eigenvalue weighted by atomic mass is 16.5. The number of rotatable bonds is 2. The number of nitrogens with zero attached hydrogens (tertiary/aromatic N) is 2. The van der Waals surface area contributed by atoms with Gasteiger partial charge in [0.25, 0.3) is 12.5 Å². The highest BCUT2D eigenvalue weighted by Gasteiger charge is 2.15. The van der Waals surface area contributed by atoms with Gasteiger partial charge in [-0.25, -0.2) is 0 Å². The summed E-state index contributed by atoms with van der Waals surface area (Å²) in [6.07, 6.45) is 3.43. The zero-order valence-electron chi connectivity index (χ0n) is 10.3. The van der Waals surface area contributed by atoms with E-state index in [4.69, 9.17) is 20.0 Å². The molecule has 0 N–H and O–H groups in total. The van der Waals surface area contributed by atoms with Gasteiger partial charge in [-0.15, -0.1) is 10.5 Å². The van der Waals surface area contributed by atoms with Gasteiger partial charge in [0.05, 0.1) is 0 Å². The smallest absolute Gasteiger partial charge is 0.292 e. The zero-order chi connectivity index (χ0) is 13.9. The lowest BCUT2D eigenvalue weighted by Gasteiger charge is -2.11. The quantitative estimate of drug-likeness (QED) is 0.520. The molecule has 0 saturated carbocycles. The fourth-order valence-corrected chi connectivity index (χ4v) is 2.36. The number of ether oxygens (including phenoxy) is 2. The second-order valence-electron chi connectivity index (χ2n) is 4.14. The zero-order valence-corrected chi connectivity index (χ0v) is 10.3. The van der Waals surface area contributed by atoms with Crippen LogP contribution in [0.3, 0.4) is 0 Å². The van der Waals surface area contributed by atoms with E-state index >= 15 is 0 Å². The van der Waals surface area contributed by atoms with E-state index in [2.05, 4.69) is 0 Å². The molecule has 94 valence electrons. The number of hydrogen-bond acceptors (Lipinski definition) is 4. The Kier molecular flexibility index (Phi) is 2.84. The Morgan fingerprint density at radius 2 is 0.900 bits per heavy atom. The summed E-state index contributed by atoms with van der Waals surface area (Å²) in [4.78, 5) is 0. The molecule has 20 heavy (non-hydrogen) atoms. The molecule has 0 amide bonds. The fraction of sp³-hybridized carbons (Fsp3) is 0. The van der Waals surface area contributed by atoms with Crippen LogP contribution in [-0.4, -0.2) is 0 Å². The van der Waals surface area contributed by atoms with E-state index in [1.54, 1.807) is 12.5 Å². The molecule has 3 rings (SSSR count). The first kappa shape index (κ1) is 11.8. The first-order valence-electron chi connectivity index (χ1n) is 5.92. The highest BCUT2D eigenvalue weighted by Crippen LogP contribution is 2.42. The minimum Gasteiger partial charge on any atom is -0.387 e. The van der Waals surface area contributed by atoms with Crippen LogP contribution < -0.4 is 9.47 Å². The Hall–Kier alpha value is -3.24. The Bertz CT molecular complexity index is 757. The molecular weight excluding hydrogens is 252 g/mol. The van der Waals surface area contributed by atoms with E-state index in [-0.39, 0.29) is 0 Å². The average molecular weight is 260 g/mol. The lowest BCUT2D eigenvalue weighted by atomic mass is 10.0. The first-order chi connectivity index (χ1) is 9.86. The number of fused-ring (bicyclic) bond motifs is 2. The van der Waals surface area contributed by atoms with Crippen LogP contribution in [0.4, 0.5) is 0 Å². The van der Waals surface area contributed by atoms with Crippen LogP contribution >= 0.6 is 0 Å². The van der Waals surface area contributed by atoms with Gasteiger partial charge in [-0.2, -0.15) is 0 Å². The molecule has 0 saturated heterocycles. The molecule has 0 fully saturated rings. The number of hydrogen-bond donors (Lipinski definition) is 0. The van der Waals surface area contributed by atoms with Crippen LogP contribution in [-0.2, 0) is 0 Å². The van der Waals surface area contributed by atoms with Crippen molar-refractivity contribution in [2.75, 3.05) is 0 Å². The second kappa shape index (κ2) is 4.79. The van der Waals surface area contributed by atoms with E-state index in [1.807, 2.05) is 48.5 Å². The Morgan fingerprint density at radius 1 is 0.600 bits per heavy atom. The van der Waals surface area contributed by atoms with Gasteiger partial charge >= 0.3 is 0 Å². The Balaban J connectivity index is 2.56. The molecule has 0 aromatic heterocycles. The van der Waals surface area contributed by atoms with E-state index in [1.165, 1.54) is 0 Å². The van der Waals surface area contributed by atoms with Crippen molar-refractivity contribution < 1.29 is 9.47 Å². The molecule has 4 nitrogen and oxygen atoms in total. The van der Waals surface area contributed by atoms with Crippen molar-refractivity contribution in [1.29, 1.82) is 10.5 Å². The molecule has 0 radical (unpaired) electrons. The standard InChI is InChI=1S/C16H8N2O2/c17-9-19-15-11-5-1-2-6-12(11)16(20-10-18)14-8-4-3-7-13(14)15/h1-8H. The topological polar surface area (TPSA) is 66.0 Å². The van der Waals surface area contributed by atoms with Crippen LogP contribution in [0, 0.1) is 23.0 Å². The Labute approximate surface area is 115 Å². The van der Waals surface area contributed by atoms with E-state index < -0.39 is 0 Å². The van der Waals surface area contributed by atoms with Crippen molar-refractivity contribution in [3.8, 4) is 24.0 Å². The van der Waals surface area contributed by atoms with Crippen LogP contribution in [0.5, 0.6) is 11.5 Å². The van der Waals surface area contributed by atoms with E-state index in [9.17, 15) is 0 Å². The minimum atomic E-state index is 0.476. The molecule has 3 aromatic carbocycles. The van der Waals surface area contributed by atoms with Gasteiger partial charge < -0.3 is 9.47 Å². The third kappa shape index (κ3) is 1.68. The molecule has 0 aliphatic rings. The van der Waals surface area contributed by atoms with Crippen LogP contribution in [0.2, 0.25) is 0 Å². The van der Waals surface area contributed by atoms with Crippen molar-refractivity contribution in [2.45, 2.75) is 0 Å². The third-order valence-corrected chi connectivity index (χ3v) is 3.13. The van der Waals surface area contributed by atoms with Gasteiger partial charge in [0.15, 0.2) is 11.5 Å². The van der Waals surface area contributed by atoms with Crippen molar-refractivity contribution in [1.82, 2.24) is 0 Å². The van der Waals surface area contributed by atoms with E-state index in [0.29, 0.717) is 11.5 Å². The molecule has 0 spiro atoms. The van der Waals surface area contributed by atoms with Gasteiger partial charge in [0, 0.05) is 21.5 Å². The molecule has 0 aliphatic carbocycles. The second-order valence-corrected chi connectivity index (χ2v) is 4.14. The summed E-state index contributed by atoms with van der Waals surface area (Å²) in [5, 5.41) is 20.6. The SMILES string of the molecule is N#COc1c2ccccc2c(OC#N)c2ccccc12. The van der Waals surface area contributed by atoms with Gasteiger partial charge in [-0.3, -0.25) is 0 Å². The van der Waals surface area contributed by atoms with Gasteiger partial charge in [-0.05, 0) is 0 Å². The fourth-order valence-electron chi connectivity index (χ4n) is 2.36. The molecular formula is C16H8N2O2. The lowest BCUT2D eigenvalue weighted by Crippen LogP contribution is -1.92. The predicted molar refractivity (Wildman–Crippen MR) is 73.9 cm³/mol. The number of benzene rings is 3. The lowest BCUT2D eigenvalue weighted by molar-refractivity contribution is 0.510. The summed E-state index contributed by atoms with van der Waals surface area (Å²) in [5.41, 5.74) is 0. The monoisotopic (exact) mass is 260 g/mol. The molecule has 0 bridgehead atoms. The number of nitriles is 2. The maximum absolute atomic E-state index is 8.86. The molecule has 4 heteroatoms. The summed E-state index contributed by atoms with van der Waals surface area (Å²) in [5.74, 6) is 0.952. The molecule has 0 unspecified atom stereocenters. The summed E-state index contributed by atoms with van der Waals surface area (Å²) in [6, 6.07) is 14.7. The van der Waals surface area contributed by atoms with Crippen LogP contribution in [0.25, 0.3) is 21.5 Å². The van der Waals surface area contributed by atoms with Crippen molar-refractivity contribution in [3.05, 3.63) is 48.5 Å². The Morgan fingerprint density at radius 3 is 1.15 bits per heavy atom. The summed E-state index contributed by atoms with van der Waals surface area (Å²) >= 11 is 0. The summed E-state index contributed by atoms with van der Waals surface area (Å²) in [7, 11) is 0. The van der Waals surface area contributed by atoms with Crippen LogP contribution in [0.15, 0.2) is 48.5 Å². The van der Waals surface area contributed by atoms with Crippen LogP contribution in [0.1, 0.15) is 0 Å². The minimum absolute atomic E-state index is 0.476. The summed E-state index contributed by atoms with van der Waals surface area (Å²) < 4.78 is 10.3. The molecule has 0 atom stereocenters. The first-order valence-corrected chi connectivity index (χ1v) is 5.92. The molecule has 3 aromatic rings. The van der Waals surface area contributed by atoms with E-state index in [0.717, 1.165) is 21.5 Å². The predicted octanol–water partition coefficient (Wildman–Crippen LogP) is 3.71. The summed E-state index contributed by atoms with van der Waals surface area (Å²) in [6.45, 7) is 0. The molecule has 0 heterocycles. The largest absolute Gasteiger partial charge is 0.387 e. The van der Waals surface area contributed by atoms with Gasteiger partial charge in [0.1, 0.15) is 0 Å². The van der Waals surface area contributed by atoms with Gasteiger partial charge in [0.2, 0.25) is 0 Å². The molecule has 0 aliphatic heterocycles. The van der Waals surface area contributed by atoms with Crippen molar-refractivity contribution in [3.63, 3.8) is 0 Å². The maximum Gasteiger partial charge on any atom is 0.292 e. The maximum atomic E-state index is 8.86. The van der Waals surface area contributed by atoms with Crippen molar-refractivity contribution in [2.24, 2.45) is 0 Å². The average Bonchev–Trinajstić information content (AvgIpc) is 2.50. The highest BCUT2D eigenvalue weighted by molar-refractivity contribution is 6.11.